The quantitative estimate of drug-likeness (QED) is 0.629. The molecule has 0 unspecified atom stereocenters. The van der Waals surface area contributed by atoms with Gasteiger partial charge in [-0.25, -0.2) is 9.97 Å². The second-order valence-electron chi connectivity index (χ2n) is 7.35. The number of anilines is 1. The lowest BCUT2D eigenvalue weighted by Gasteiger charge is -2.34. The lowest BCUT2D eigenvalue weighted by Crippen LogP contribution is -2.49. The summed E-state index contributed by atoms with van der Waals surface area (Å²) in [7, 11) is 0. The van der Waals surface area contributed by atoms with Crippen molar-refractivity contribution in [3.8, 4) is 6.07 Å². The maximum absolute atomic E-state index is 12.6. The first-order chi connectivity index (χ1) is 15.0. The third kappa shape index (κ3) is 4.45. The van der Waals surface area contributed by atoms with Crippen LogP contribution in [0, 0.1) is 11.3 Å². The van der Waals surface area contributed by atoms with Crippen LogP contribution in [0.3, 0.4) is 0 Å². The number of nitrogens with two attached hydrogens (primary N) is 1. The van der Waals surface area contributed by atoms with Crippen LogP contribution in [0.25, 0.3) is 10.9 Å². The molecule has 0 atom stereocenters. The summed E-state index contributed by atoms with van der Waals surface area (Å²) in [4.78, 5) is 36.4. The molecule has 1 aliphatic rings. The van der Waals surface area contributed by atoms with Crippen LogP contribution in [0.5, 0.6) is 0 Å². The van der Waals surface area contributed by atoms with Gasteiger partial charge in [0.15, 0.2) is 0 Å². The van der Waals surface area contributed by atoms with Crippen molar-refractivity contribution in [2.24, 2.45) is 5.73 Å². The Morgan fingerprint density at radius 2 is 1.87 bits per heavy atom. The number of nitrogens with zero attached hydrogens (tertiary/aromatic N) is 7. The monoisotopic (exact) mass is 418 g/mol. The first-order valence-electron chi connectivity index (χ1n) is 10.1. The summed E-state index contributed by atoms with van der Waals surface area (Å²) in [5.41, 5.74) is 6.82. The van der Waals surface area contributed by atoms with Gasteiger partial charge in [-0.1, -0.05) is 12.1 Å². The minimum Gasteiger partial charge on any atom is -0.366 e. The van der Waals surface area contributed by atoms with Gasteiger partial charge in [0.1, 0.15) is 11.6 Å². The Kier molecular flexibility index (Phi) is 5.75. The lowest BCUT2D eigenvalue weighted by atomic mass is 10.1. The summed E-state index contributed by atoms with van der Waals surface area (Å²) in [5.74, 6) is 0.179. The average Bonchev–Trinajstić information content (AvgIpc) is 3.22. The number of fused-ring (bicyclic) bond motifs is 1. The highest BCUT2D eigenvalue weighted by molar-refractivity contribution is 6.04. The van der Waals surface area contributed by atoms with E-state index < -0.39 is 5.91 Å². The zero-order chi connectivity index (χ0) is 21.8. The number of carbonyl (C=O) groups is 2. The van der Waals surface area contributed by atoms with Crippen LogP contribution < -0.4 is 10.6 Å². The molecule has 10 heteroatoms. The highest BCUT2D eigenvalue weighted by Gasteiger charge is 2.22. The molecule has 1 aliphatic heterocycles. The van der Waals surface area contributed by atoms with Gasteiger partial charge in [0.2, 0.25) is 11.9 Å². The van der Waals surface area contributed by atoms with Gasteiger partial charge in [0.05, 0.1) is 23.5 Å². The van der Waals surface area contributed by atoms with E-state index in [4.69, 9.17) is 11.0 Å². The number of aromatic nitrogens is 4. The van der Waals surface area contributed by atoms with Gasteiger partial charge >= 0.3 is 0 Å². The number of benzene rings is 1. The number of aryl methyl sites for hydroxylation is 1. The fourth-order valence-electron chi connectivity index (χ4n) is 3.66. The van der Waals surface area contributed by atoms with Gasteiger partial charge < -0.3 is 15.5 Å². The Hall–Kier alpha value is -4.00. The predicted molar refractivity (Wildman–Crippen MR) is 113 cm³/mol. The second kappa shape index (κ2) is 8.79. The zero-order valence-corrected chi connectivity index (χ0v) is 16.9. The van der Waals surface area contributed by atoms with Gasteiger partial charge in [-0.3, -0.25) is 14.3 Å². The molecule has 1 saturated heterocycles. The number of hydrogen-bond donors (Lipinski definition) is 1. The van der Waals surface area contributed by atoms with Crippen molar-refractivity contribution < 1.29 is 9.59 Å². The van der Waals surface area contributed by atoms with Crippen LogP contribution in [0.1, 0.15) is 28.8 Å². The molecule has 2 aromatic heterocycles. The van der Waals surface area contributed by atoms with E-state index in [0.717, 1.165) is 5.39 Å². The van der Waals surface area contributed by atoms with Gasteiger partial charge in [-0.05, 0) is 12.5 Å². The molecule has 1 fully saturated rings. The van der Waals surface area contributed by atoms with Gasteiger partial charge in [-0.15, -0.1) is 0 Å². The number of hydrogen-bond acceptors (Lipinski definition) is 7. The van der Waals surface area contributed by atoms with E-state index in [-0.39, 0.29) is 5.91 Å². The van der Waals surface area contributed by atoms with Crippen LogP contribution in [-0.2, 0) is 11.3 Å². The largest absolute Gasteiger partial charge is 0.366 e. The van der Waals surface area contributed by atoms with Crippen LogP contribution in [0.4, 0.5) is 5.95 Å². The molecular formula is C21H22N8O2. The van der Waals surface area contributed by atoms with Crippen molar-refractivity contribution in [2.75, 3.05) is 31.1 Å². The van der Waals surface area contributed by atoms with E-state index in [9.17, 15) is 9.59 Å². The number of primary amides is 1. The highest BCUT2D eigenvalue weighted by atomic mass is 16.2. The van der Waals surface area contributed by atoms with Crippen molar-refractivity contribution in [3.05, 3.63) is 47.9 Å². The summed E-state index contributed by atoms with van der Waals surface area (Å²) in [6.07, 6.45) is 5.95. The summed E-state index contributed by atoms with van der Waals surface area (Å²) in [5, 5.41) is 14.1. The fourth-order valence-corrected chi connectivity index (χ4v) is 3.66. The van der Waals surface area contributed by atoms with E-state index in [1.807, 2.05) is 28.1 Å². The smallest absolute Gasteiger partial charge is 0.250 e. The molecule has 3 heterocycles. The van der Waals surface area contributed by atoms with Crippen LogP contribution in [0.2, 0.25) is 0 Å². The second-order valence-corrected chi connectivity index (χ2v) is 7.35. The molecule has 1 aromatic carbocycles. The minimum atomic E-state index is -0.503. The molecule has 158 valence electrons. The van der Waals surface area contributed by atoms with Crippen molar-refractivity contribution in [1.82, 2.24) is 24.6 Å². The maximum atomic E-state index is 12.6. The van der Waals surface area contributed by atoms with Gasteiger partial charge in [0, 0.05) is 50.7 Å². The van der Waals surface area contributed by atoms with Crippen LogP contribution in [-0.4, -0.2) is 62.6 Å². The number of rotatable bonds is 6. The topological polar surface area (TPSA) is 134 Å². The molecule has 0 aliphatic carbocycles. The van der Waals surface area contributed by atoms with Gasteiger partial charge in [-0.2, -0.15) is 10.4 Å². The third-order valence-electron chi connectivity index (χ3n) is 5.31. The van der Waals surface area contributed by atoms with Crippen molar-refractivity contribution in [2.45, 2.75) is 19.4 Å². The predicted octanol–water partition coefficient (Wildman–Crippen LogP) is 0.926. The van der Waals surface area contributed by atoms with Crippen LogP contribution >= 0.6 is 0 Å². The zero-order valence-electron chi connectivity index (χ0n) is 16.9. The highest BCUT2D eigenvalue weighted by Crippen LogP contribution is 2.17. The molecule has 4 rings (SSSR count). The third-order valence-corrected chi connectivity index (χ3v) is 5.31. The number of nitriles is 1. The lowest BCUT2D eigenvalue weighted by molar-refractivity contribution is -0.131. The molecule has 0 saturated carbocycles. The Morgan fingerprint density at radius 1 is 1.13 bits per heavy atom. The molecular weight excluding hydrogens is 396 g/mol. The van der Waals surface area contributed by atoms with Crippen molar-refractivity contribution >= 4 is 28.7 Å². The SMILES string of the molecule is N#Cc1cnc(N2CCN(C(=O)CCCn3cc4cccc(C(N)=O)c4n3)CC2)nc1. The molecule has 3 aromatic rings. The van der Waals surface area contributed by atoms with Crippen molar-refractivity contribution in [1.29, 1.82) is 5.26 Å². The van der Waals surface area contributed by atoms with Gasteiger partial charge in [0.25, 0.3) is 5.91 Å². The molecule has 10 nitrogen and oxygen atoms in total. The molecule has 2 amide bonds. The summed E-state index contributed by atoms with van der Waals surface area (Å²) < 4.78 is 1.75. The van der Waals surface area contributed by atoms with Crippen LogP contribution in [0.15, 0.2) is 36.8 Å². The number of piperazine rings is 1. The normalized spacial score (nSPS) is 13.9. The minimum absolute atomic E-state index is 0.106. The Labute approximate surface area is 178 Å². The summed E-state index contributed by atoms with van der Waals surface area (Å²) in [6, 6.07) is 7.32. The average molecular weight is 418 g/mol. The first kappa shape index (κ1) is 20.3. The van der Waals surface area contributed by atoms with Crippen molar-refractivity contribution in [3.63, 3.8) is 0 Å². The summed E-state index contributed by atoms with van der Waals surface area (Å²) in [6.45, 7) is 3.10. The Morgan fingerprint density at radius 3 is 2.55 bits per heavy atom. The first-order valence-corrected chi connectivity index (χ1v) is 10.1. The molecule has 0 radical (unpaired) electrons. The van der Waals surface area contributed by atoms with E-state index in [1.165, 1.54) is 12.4 Å². The molecule has 31 heavy (non-hydrogen) atoms. The Bertz CT molecular complexity index is 1140. The van der Waals surface area contributed by atoms with E-state index in [1.54, 1.807) is 16.8 Å². The molecule has 0 bridgehead atoms. The molecule has 0 spiro atoms. The summed E-state index contributed by atoms with van der Waals surface area (Å²) >= 11 is 0. The van der Waals surface area contributed by atoms with E-state index in [2.05, 4.69) is 15.1 Å². The Balaban J connectivity index is 1.27. The fraction of sp³-hybridized carbons (Fsp3) is 0.333. The number of carbonyl (C=O) groups excluding carboxylic acids is 2. The number of amides is 2. The standard InChI is InChI=1S/C21H22N8O2/c22-11-15-12-24-21(25-13-15)28-9-7-27(8-10-28)18(30)5-2-6-29-14-16-3-1-4-17(20(23)31)19(16)26-29/h1,3-4,12-14H,2,5-10H2,(H2,23,31). The van der Waals surface area contributed by atoms with E-state index in [0.29, 0.717) is 68.2 Å². The van der Waals surface area contributed by atoms with E-state index >= 15 is 0 Å². The maximum Gasteiger partial charge on any atom is 0.250 e. The molecule has 2 N–H and O–H groups in total.